The molecule has 5 heteroatoms. The summed E-state index contributed by atoms with van der Waals surface area (Å²) in [5.74, 6) is 0.418. The second-order valence-corrected chi connectivity index (χ2v) is 4.67. The number of carbonyl (C=O) groups is 1. The molecule has 0 saturated carbocycles. The molecule has 0 radical (unpaired) electrons. The van der Waals surface area contributed by atoms with Gasteiger partial charge in [0.15, 0.2) is 0 Å². The van der Waals surface area contributed by atoms with Gasteiger partial charge in [0.25, 0.3) is 0 Å². The number of carbonyl (C=O) groups excluding carboxylic acids is 1. The van der Waals surface area contributed by atoms with E-state index in [1.807, 2.05) is 19.9 Å². The van der Waals surface area contributed by atoms with Gasteiger partial charge in [-0.25, -0.2) is 0 Å². The van der Waals surface area contributed by atoms with Crippen molar-refractivity contribution in [3.63, 3.8) is 0 Å². The van der Waals surface area contributed by atoms with E-state index in [1.54, 1.807) is 19.2 Å². The minimum Gasteiger partial charge on any atom is -0.495 e. The first-order valence-electron chi connectivity index (χ1n) is 5.28. The van der Waals surface area contributed by atoms with Crippen LogP contribution in [0.15, 0.2) is 22.7 Å². The maximum Gasteiger partial charge on any atom is 0.250 e. The summed E-state index contributed by atoms with van der Waals surface area (Å²) in [5.41, 5.74) is 0.624. The van der Waals surface area contributed by atoms with Gasteiger partial charge in [-0.05, 0) is 32.0 Å². The fourth-order valence-electron chi connectivity index (χ4n) is 1.21. The van der Waals surface area contributed by atoms with Crippen LogP contribution in [-0.2, 0) is 9.53 Å². The van der Waals surface area contributed by atoms with E-state index < -0.39 is 0 Å². The lowest BCUT2D eigenvalue weighted by molar-refractivity contribution is -0.121. The number of benzene rings is 1. The molecule has 4 nitrogen and oxygen atoms in total. The second-order valence-electron chi connectivity index (χ2n) is 3.75. The fraction of sp³-hybridized carbons (Fsp3) is 0.417. The zero-order chi connectivity index (χ0) is 12.8. The van der Waals surface area contributed by atoms with Crippen LogP contribution in [0.3, 0.4) is 0 Å². The van der Waals surface area contributed by atoms with Crippen LogP contribution in [0.1, 0.15) is 13.8 Å². The van der Waals surface area contributed by atoms with Crippen molar-refractivity contribution in [2.75, 3.05) is 19.0 Å². The molecule has 1 aromatic carbocycles. The summed E-state index contributed by atoms with van der Waals surface area (Å²) in [4.78, 5) is 11.6. The highest BCUT2D eigenvalue weighted by Gasteiger charge is 2.08. The molecule has 0 heterocycles. The Bertz CT molecular complexity index is 393. The zero-order valence-electron chi connectivity index (χ0n) is 10.1. The summed E-state index contributed by atoms with van der Waals surface area (Å²) >= 11 is 3.34. The third-order valence-corrected chi connectivity index (χ3v) is 2.48. The highest BCUT2D eigenvalue weighted by molar-refractivity contribution is 9.10. The van der Waals surface area contributed by atoms with Gasteiger partial charge >= 0.3 is 0 Å². The van der Waals surface area contributed by atoms with Crippen molar-refractivity contribution in [1.82, 2.24) is 0 Å². The number of ether oxygens (including phenoxy) is 2. The van der Waals surface area contributed by atoms with Crippen LogP contribution < -0.4 is 10.1 Å². The number of halogens is 1. The number of hydrogen-bond donors (Lipinski definition) is 1. The summed E-state index contributed by atoms with van der Waals surface area (Å²) in [6, 6.07) is 5.41. The third kappa shape index (κ3) is 4.75. The van der Waals surface area contributed by atoms with E-state index in [9.17, 15) is 4.79 Å². The van der Waals surface area contributed by atoms with E-state index in [4.69, 9.17) is 9.47 Å². The van der Waals surface area contributed by atoms with Gasteiger partial charge < -0.3 is 14.8 Å². The lowest BCUT2D eigenvalue weighted by atomic mass is 10.3. The SMILES string of the molecule is COc1ccc(Br)cc1NC(=O)COC(C)C. The van der Waals surface area contributed by atoms with Gasteiger partial charge in [0.1, 0.15) is 12.4 Å². The molecule has 0 aliphatic rings. The number of hydrogen-bond acceptors (Lipinski definition) is 3. The molecule has 0 atom stereocenters. The van der Waals surface area contributed by atoms with Crippen LogP contribution >= 0.6 is 15.9 Å². The molecule has 0 aliphatic carbocycles. The van der Waals surface area contributed by atoms with Crippen molar-refractivity contribution in [3.8, 4) is 5.75 Å². The van der Waals surface area contributed by atoms with E-state index in [0.29, 0.717) is 11.4 Å². The monoisotopic (exact) mass is 301 g/mol. The molecular formula is C12H16BrNO3. The Morgan fingerprint density at radius 2 is 2.18 bits per heavy atom. The quantitative estimate of drug-likeness (QED) is 0.910. The highest BCUT2D eigenvalue weighted by Crippen LogP contribution is 2.27. The van der Waals surface area contributed by atoms with Gasteiger partial charge in [-0.15, -0.1) is 0 Å². The van der Waals surface area contributed by atoms with Crippen LogP contribution in [0.5, 0.6) is 5.75 Å². The Morgan fingerprint density at radius 1 is 1.47 bits per heavy atom. The topological polar surface area (TPSA) is 47.6 Å². The first-order chi connectivity index (χ1) is 8.02. The second kappa shape index (κ2) is 6.61. The predicted octanol–water partition coefficient (Wildman–Crippen LogP) is 2.82. The maximum absolute atomic E-state index is 11.6. The molecule has 17 heavy (non-hydrogen) atoms. The minimum absolute atomic E-state index is 0.0326. The predicted molar refractivity (Wildman–Crippen MR) is 70.4 cm³/mol. The van der Waals surface area contributed by atoms with E-state index in [2.05, 4.69) is 21.2 Å². The summed E-state index contributed by atoms with van der Waals surface area (Å²) in [6.45, 7) is 3.80. The van der Waals surface area contributed by atoms with Crippen molar-refractivity contribution in [3.05, 3.63) is 22.7 Å². The van der Waals surface area contributed by atoms with Crippen molar-refractivity contribution in [2.45, 2.75) is 20.0 Å². The van der Waals surface area contributed by atoms with Crippen molar-refractivity contribution >= 4 is 27.5 Å². The fourth-order valence-corrected chi connectivity index (χ4v) is 1.57. The minimum atomic E-state index is -0.199. The van der Waals surface area contributed by atoms with Crippen molar-refractivity contribution in [1.29, 1.82) is 0 Å². The van der Waals surface area contributed by atoms with E-state index in [-0.39, 0.29) is 18.6 Å². The Balaban J connectivity index is 2.66. The molecule has 0 fully saturated rings. The van der Waals surface area contributed by atoms with Crippen molar-refractivity contribution in [2.24, 2.45) is 0 Å². The molecular weight excluding hydrogens is 286 g/mol. The van der Waals surface area contributed by atoms with Gasteiger partial charge in [0.05, 0.1) is 18.9 Å². The molecule has 0 unspecified atom stereocenters. The van der Waals surface area contributed by atoms with Crippen LogP contribution in [0, 0.1) is 0 Å². The summed E-state index contributed by atoms with van der Waals surface area (Å²) < 4.78 is 11.2. The molecule has 0 saturated heterocycles. The molecule has 1 amide bonds. The van der Waals surface area contributed by atoms with Crippen LogP contribution in [0.25, 0.3) is 0 Å². The summed E-state index contributed by atoms with van der Waals surface area (Å²) in [6.07, 6.45) is 0.0326. The van der Waals surface area contributed by atoms with Gasteiger partial charge in [0, 0.05) is 4.47 Å². The van der Waals surface area contributed by atoms with Crippen LogP contribution in [0.4, 0.5) is 5.69 Å². The largest absolute Gasteiger partial charge is 0.495 e. The van der Waals surface area contributed by atoms with Crippen LogP contribution in [0.2, 0.25) is 0 Å². The molecule has 0 aromatic heterocycles. The number of amides is 1. The maximum atomic E-state index is 11.6. The van der Waals surface area contributed by atoms with E-state index >= 15 is 0 Å². The first-order valence-corrected chi connectivity index (χ1v) is 6.07. The average Bonchev–Trinajstić information content (AvgIpc) is 2.27. The Labute approximate surface area is 109 Å². The van der Waals surface area contributed by atoms with Gasteiger partial charge in [-0.1, -0.05) is 15.9 Å². The van der Waals surface area contributed by atoms with Crippen molar-refractivity contribution < 1.29 is 14.3 Å². The van der Waals surface area contributed by atoms with E-state index in [1.165, 1.54) is 0 Å². The summed E-state index contributed by atoms with van der Waals surface area (Å²) in [5, 5.41) is 2.74. The lowest BCUT2D eigenvalue weighted by Gasteiger charge is -2.11. The molecule has 0 spiro atoms. The number of methoxy groups -OCH3 is 1. The van der Waals surface area contributed by atoms with E-state index in [0.717, 1.165) is 4.47 Å². The molecule has 1 rings (SSSR count). The molecule has 1 N–H and O–H groups in total. The molecule has 0 aliphatic heterocycles. The number of nitrogens with one attached hydrogen (secondary N) is 1. The first kappa shape index (κ1) is 14.0. The normalized spacial score (nSPS) is 10.4. The Kier molecular flexibility index (Phi) is 5.44. The molecule has 94 valence electrons. The number of rotatable bonds is 5. The lowest BCUT2D eigenvalue weighted by Crippen LogP contribution is -2.20. The Hall–Kier alpha value is -1.07. The van der Waals surface area contributed by atoms with Gasteiger partial charge in [-0.3, -0.25) is 4.79 Å². The average molecular weight is 302 g/mol. The third-order valence-electron chi connectivity index (χ3n) is 1.98. The van der Waals surface area contributed by atoms with Gasteiger partial charge in [-0.2, -0.15) is 0 Å². The summed E-state index contributed by atoms with van der Waals surface area (Å²) in [7, 11) is 1.56. The molecule has 1 aromatic rings. The molecule has 0 bridgehead atoms. The number of anilines is 1. The van der Waals surface area contributed by atoms with Crippen LogP contribution in [-0.4, -0.2) is 25.7 Å². The zero-order valence-corrected chi connectivity index (χ0v) is 11.7. The Morgan fingerprint density at radius 3 is 2.76 bits per heavy atom. The smallest absolute Gasteiger partial charge is 0.250 e. The highest BCUT2D eigenvalue weighted by atomic mass is 79.9. The van der Waals surface area contributed by atoms with Gasteiger partial charge in [0.2, 0.25) is 5.91 Å². The standard InChI is InChI=1S/C12H16BrNO3/c1-8(2)17-7-12(15)14-10-6-9(13)4-5-11(10)16-3/h4-6,8H,7H2,1-3H3,(H,14,15).